The van der Waals surface area contributed by atoms with Crippen LogP contribution in [0.1, 0.15) is 18.4 Å². The lowest BCUT2D eigenvalue weighted by Gasteiger charge is -2.34. The van der Waals surface area contributed by atoms with E-state index in [4.69, 9.17) is 0 Å². The lowest BCUT2D eigenvalue weighted by Crippen LogP contribution is -2.47. The van der Waals surface area contributed by atoms with Crippen molar-refractivity contribution in [2.24, 2.45) is 5.92 Å². The first-order valence-electron chi connectivity index (χ1n) is 7.53. The maximum Gasteiger partial charge on any atom is 0.393 e. The van der Waals surface area contributed by atoms with Gasteiger partial charge in [-0.3, -0.25) is 9.69 Å². The zero-order valence-corrected chi connectivity index (χ0v) is 12.9. The topological polar surface area (TPSA) is 23.6 Å². The zero-order chi connectivity index (χ0) is 17.0. The van der Waals surface area contributed by atoms with Crippen LogP contribution in [0, 0.1) is 11.7 Å². The maximum atomic E-state index is 13.1. The van der Waals surface area contributed by atoms with E-state index in [0.29, 0.717) is 25.1 Å². The quantitative estimate of drug-likeness (QED) is 0.791. The van der Waals surface area contributed by atoms with Crippen LogP contribution in [-0.2, 0) is 11.3 Å². The summed E-state index contributed by atoms with van der Waals surface area (Å²) in [6, 6.07) is 6.03. The van der Waals surface area contributed by atoms with Crippen LogP contribution in [0.15, 0.2) is 24.3 Å². The molecule has 0 spiro atoms. The smallest absolute Gasteiger partial charge is 0.341 e. The molecule has 1 atom stereocenters. The normalized spacial score (nSPS) is 19.2. The molecular formula is C16H20F4N2O. The van der Waals surface area contributed by atoms with Gasteiger partial charge in [-0.25, -0.2) is 4.39 Å². The molecule has 0 N–H and O–H groups in total. The molecule has 0 aromatic heterocycles. The third-order valence-electron chi connectivity index (χ3n) is 3.98. The summed E-state index contributed by atoms with van der Waals surface area (Å²) >= 11 is 0. The molecule has 0 saturated carbocycles. The van der Waals surface area contributed by atoms with Gasteiger partial charge in [0.05, 0.1) is 12.5 Å². The minimum atomic E-state index is -4.26. The molecule has 1 fully saturated rings. The first-order valence-corrected chi connectivity index (χ1v) is 7.53. The fourth-order valence-electron chi connectivity index (χ4n) is 2.80. The number of carbonyl (C=O) groups is 1. The Labute approximate surface area is 132 Å². The van der Waals surface area contributed by atoms with E-state index in [2.05, 4.69) is 0 Å². The van der Waals surface area contributed by atoms with Gasteiger partial charge in [-0.2, -0.15) is 13.2 Å². The first-order chi connectivity index (χ1) is 10.8. The highest BCUT2D eigenvalue weighted by Crippen LogP contribution is 2.33. The fourth-order valence-corrected chi connectivity index (χ4v) is 2.80. The molecule has 1 saturated heterocycles. The maximum absolute atomic E-state index is 13.1. The Bertz CT molecular complexity index is 547. The Kier molecular flexibility index (Phi) is 5.62. The average Bonchev–Trinajstić information content (AvgIpc) is 2.46. The second-order valence-corrected chi connectivity index (χ2v) is 6.02. The number of amides is 1. The van der Waals surface area contributed by atoms with E-state index in [1.54, 1.807) is 24.1 Å². The van der Waals surface area contributed by atoms with Crippen molar-refractivity contribution >= 4 is 5.91 Å². The summed E-state index contributed by atoms with van der Waals surface area (Å²) in [5.41, 5.74) is 0.715. The molecule has 23 heavy (non-hydrogen) atoms. The van der Waals surface area contributed by atoms with E-state index >= 15 is 0 Å². The Hall–Kier alpha value is -1.63. The summed E-state index contributed by atoms with van der Waals surface area (Å²) in [6.07, 6.45) is -3.82. The summed E-state index contributed by atoms with van der Waals surface area (Å²) in [5, 5.41) is 0. The highest BCUT2D eigenvalue weighted by atomic mass is 19.4. The number of hydrogen-bond donors (Lipinski definition) is 0. The van der Waals surface area contributed by atoms with E-state index in [9.17, 15) is 22.4 Å². The summed E-state index contributed by atoms with van der Waals surface area (Å²) in [7, 11) is 1.69. The summed E-state index contributed by atoms with van der Waals surface area (Å²) in [5.74, 6) is -2.11. The van der Waals surface area contributed by atoms with Crippen molar-refractivity contribution < 1.29 is 22.4 Å². The molecule has 1 aromatic carbocycles. The molecule has 7 heteroatoms. The van der Waals surface area contributed by atoms with E-state index in [-0.39, 0.29) is 31.2 Å². The zero-order valence-electron chi connectivity index (χ0n) is 12.9. The third-order valence-corrected chi connectivity index (χ3v) is 3.98. The number of likely N-dealkylation sites (N-methyl/N-ethyl adjacent to an activating group) is 1. The highest BCUT2D eigenvalue weighted by molar-refractivity contribution is 5.78. The molecule has 1 aromatic rings. The molecule has 1 aliphatic heterocycles. The molecule has 3 nitrogen and oxygen atoms in total. The SMILES string of the molecule is CN(CC(=O)N1CCCC(C(F)(F)F)C1)Cc1cccc(F)c1. The first kappa shape index (κ1) is 17.7. The van der Waals surface area contributed by atoms with Gasteiger partial charge >= 0.3 is 6.18 Å². The number of likely N-dealkylation sites (tertiary alicyclic amines) is 1. The van der Waals surface area contributed by atoms with Crippen molar-refractivity contribution in [1.29, 1.82) is 0 Å². The molecule has 0 radical (unpaired) electrons. The molecule has 0 aliphatic carbocycles. The van der Waals surface area contributed by atoms with Gasteiger partial charge in [-0.1, -0.05) is 12.1 Å². The second kappa shape index (κ2) is 7.29. The van der Waals surface area contributed by atoms with Gasteiger partial charge in [0, 0.05) is 19.6 Å². The molecule has 1 heterocycles. The number of piperidine rings is 1. The van der Waals surface area contributed by atoms with Gasteiger partial charge in [-0.05, 0) is 37.6 Å². The highest BCUT2D eigenvalue weighted by Gasteiger charge is 2.42. The van der Waals surface area contributed by atoms with Crippen molar-refractivity contribution in [3.63, 3.8) is 0 Å². The molecular weight excluding hydrogens is 312 g/mol. The lowest BCUT2D eigenvalue weighted by atomic mass is 9.97. The summed E-state index contributed by atoms with van der Waals surface area (Å²) < 4.78 is 51.5. The number of rotatable bonds is 4. The molecule has 1 aliphatic rings. The number of carbonyl (C=O) groups excluding carboxylic acids is 1. The molecule has 0 bridgehead atoms. The van der Waals surface area contributed by atoms with E-state index in [1.165, 1.54) is 17.0 Å². The summed E-state index contributed by atoms with van der Waals surface area (Å²) in [4.78, 5) is 15.1. The van der Waals surface area contributed by atoms with Gasteiger partial charge in [0.1, 0.15) is 5.82 Å². The van der Waals surface area contributed by atoms with E-state index in [1.807, 2.05) is 0 Å². The Morgan fingerprint density at radius 2 is 2.13 bits per heavy atom. The minimum absolute atomic E-state index is 0.0150. The van der Waals surface area contributed by atoms with Gasteiger partial charge in [0.2, 0.25) is 5.91 Å². The Morgan fingerprint density at radius 1 is 1.39 bits per heavy atom. The van der Waals surface area contributed by atoms with Crippen molar-refractivity contribution in [1.82, 2.24) is 9.80 Å². The molecule has 1 unspecified atom stereocenters. The van der Waals surface area contributed by atoms with Crippen LogP contribution in [0.5, 0.6) is 0 Å². The Morgan fingerprint density at radius 3 is 2.78 bits per heavy atom. The van der Waals surface area contributed by atoms with Crippen LogP contribution in [-0.4, -0.2) is 48.6 Å². The molecule has 128 valence electrons. The predicted molar refractivity (Wildman–Crippen MR) is 78.1 cm³/mol. The van der Waals surface area contributed by atoms with Crippen molar-refractivity contribution in [3.8, 4) is 0 Å². The second-order valence-electron chi connectivity index (χ2n) is 6.02. The standard InChI is InChI=1S/C16H20F4N2O/c1-21(9-12-4-2-6-14(17)8-12)11-15(23)22-7-3-5-13(10-22)16(18,19)20/h2,4,6,8,13H,3,5,7,9-11H2,1H3. The van der Waals surface area contributed by atoms with Crippen LogP contribution in [0.4, 0.5) is 17.6 Å². The molecule has 1 amide bonds. The van der Waals surface area contributed by atoms with Crippen LogP contribution in [0.25, 0.3) is 0 Å². The largest absolute Gasteiger partial charge is 0.393 e. The van der Waals surface area contributed by atoms with Crippen molar-refractivity contribution in [3.05, 3.63) is 35.6 Å². The number of benzene rings is 1. The average molecular weight is 332 g/mol. The third kappa shape index (κ3) is 5.20. The lowest BCUT2D eigenvalue weighted by molar-refractivity contribution is -0.188. The fraction of sp³-hybridized carbons (Fsp3) is 0.562. The van der Waals surface area contributed by atoms with Gasteiger partial charge in [0.25, 0.3) is 0 Å². The Balaban J connectivity index is 1.88. The van der Waals surface area contributed by atoms with Crippen LogP contribution in [0.2, 0.25) is 0 Å². The van der Waals surface area contributed by atoms with Gasteiger partial charge in [-0.15, -0.1) is 0 Å². The minimum Gasteiger partial charge on any atom is -0.341 e. The van der Waals surface area contributed by atoms with Gasteiger partial charge in [0.15, 0.2) is 0 Å². The van der Waals surface area contributed by atoms with Crippen LogP contribution >= 0.6 is 0 Å². The van der Waals surface area contributed by atoms with Crippen LogP contribution < -0.4 is 0 Å². The van der Waals surface area contributed by atoms with Gasteiger partial charge < -0.3 is 4.90 Å². The van der Waals surface area contributed by atoms with E-state index < -0.39 is 12.1 Å². The number of hydrogen-bond acceptors (Lipinski definition) is 2. The number of halogens is 4. The van der Waals surface area contributed by atoms with Crippen molar-refractivity contribution in [2.75, 3.05) is 26.7 Å². The van der Waals surface area contributed by atoms with E-state index in [0.717, 1.165) is 0 Å². The predicted octanol–water partition coefficient (Wildman–Crippen LogP) is 3.06. The number of alkyl halides is 3. The van der Waals surface area contributed by atoms with Crippen molar-refractivity contribution in [2.45, 2.75) is 25.6 Å². The monoisotopic (exact) mass is 332 g/mol. The van der Waals surface area contributed by atoms with Crippen LogP contribution in [0.3, 0.4) is 0 Å². The molecule has 2 rings (SSSR count). The number of nitrogens with zero attached hydrogens (tertiary/aromatic N) is 2. The summed E-state index contributed by atoms with van der Waals surface area (Å²) in [6.45, 7) is 0.469.